The van der Waals surface area contributed by atoms with Crippen LogP contribution >= 0.6 is 0 Å². The molecule has 2 aromatic carbocycles. The molecule has 148 valence electrons. The minimum absolute atomic E-state index is 0.0547. The third-order valence-electron chi connectivity index (χ3n) is 5.14. The van der Waals surface area contributed by atoms with Crippen LogP contribution in [0.4, 0.5) is 24.5 Å². The largest absolute Gasteiger partial charge is 0.478 e. The van der Waals surface area contributed by atoms with E-state index in [0.29, 0.717) is 24.2 Å². The molecule has 0 spiro atoms. The minimum atomic E-state index is -4.44. The number of carboxylic acids is 1. The zero-order chi connectivity index (χ0) is 20.7. The molecule has 0 bridgehead atoms. The maximum absolute atomic E-state index is 12.7. The third kappa shape index (κ3) is 3.54. The number of carbonyl (C=O) groups is 2. The second-order valence-electron chi connectivity index (χ2n) is 7.07. The molecule has 1 fully saturated rings. The molecule has 1 aliphatic heterocycles. The minimum Gasteiger partial charge on any atom is -0.478 e. The van der Waals surface area contributed by atoms with E-state index in [1.165, 1.54) is 24.3 Å². The van der Waals surface area contributed by atoms with Crippen molar-refractivity contribution in [2.45, 2.75) is 24.9 Å². The third-order valence-corrected chi connectivity index (χ3v) is 5.14. The van der Waals surface area contributed by atoms with Crippen LogP contribution in [0.15, 0.2) is 42.5 Å². The van der Waals surface area contributed by atoms with Crippen LogP contribution in [0.5, 0.6) is 0 Å². The number of carboxylic acid groups (broad SMARTS) is 1. The first-order valence-corrected chi connectivity index (χ1v) is 8.60. The van der Waals surface area contributed by atoms with Crippen molar-refractivity contribution < 1.29 is 27.9 Å². The summed E-state index contributed by atoms with van der Waals surface area (Å²) in [5, 5.41) is 12.4. The van der Waals surface area contributed by atoms with Crippen molar-refractivity contribution in [3.8, 4) is 0 Å². The van der Waals surface area contributed by atoms with E-state index >= 15 is 0 Å². The van der Waals surface area contributed by atoms with Crippen molar-refractivity contribution in [2.75, 3.05) is 18.9 Å². The van der Waals surface area contributed by atoms with Crippen LogP contribution in [0.2, 0.25) is 0 Å². The van der Waals surface area contributed by atoms with Crippen molar-refractivity contribution in [3.63, 3.8) is 0 Å². The number of likely N-dealkylation sites (N-methyl/N-ethyl adjacent to an activating group) is 1. The van der Waals surface area contributed by atoms with Gasteiger partial charge < -0.3 is 15.3 Å². The van der Waals surface area contributed by atoms with E-state index < -0.39 is 23.1 Å². The predicted molar refractivity (Wildman–Crippen MR) is 97.7 cm³/mol. The fraction of sp³-hybridized carbons (Fsp3) is 0.300. The van der Waals surface area contributed by atoms with Crippen molar-refractivity contribution in [2.24, 2.45) is 0 Å². The molecule has 8 heteroatoms. The second-order valence-corrected chi connectivity index (χ2v) is 7.07. The van der Waals surface area contributed by atoms with Gasteiger partial charge in [0, 0.05) is 19.3 Å². The number of alkyl halides is 3. The fourth-order valence-corrected chi connectivity index (χ4v) is 3.36. The molecule has 1 aliphatic rings. The van der Waals surface area contributed by atoms with Gasteiger partial charge in [-0.05, 0) is 55.3 Å². The second kappa shape index (κ2) is 6.85. The van der Waals surface area contributed by atoms with E-state index in [9.17, 15) is 27.9 Å². The number of hydrogen-bond donors (Lipinski definition) is 2. The van der Waals surface area contributed by atoms with Gasteiger partial charge in [0.2, 0.25) is 5.91 Å². The lowest BCUT2D eigenvalue weighted by molar-refractivity contribution is -0.137. The fourth-order valence-electron chi connectivity index (χ4n) is 3.36. The Bertz CT molecular complexity index is 925. The number of anilines is 2. The van der Waals surface area contributed by atoms with E-state index in [-0.39, 0.29) is 17.2 Å². The number of carbonyl (C=O) groups excluding carboxylic acids is 1. The summed E-state index contributed by atoms with van der Waals surface area (Å²) in [7, 11) is 1.70. The summed E-state index contributed by atoms with van der Waals surface area (Å²) in [6, 6.07) is 8.98. The number of amides is 1. The molecule has 5 nitrogen and oxygen atoms in total. The van der Waals surface area contributed by atoms with Crippen LogP contribution in [-0.4, -0.2) is 35.5 Å². The molecule has 1 amide bonds. The molecule has 0 aromatic heterocycles. The number of hydrogen-bond acceptors (Lipinski definition) is 3. The first-order valence-electron chi connectivity index (χ1n) is 8.60. The van der Waals surface area contributed by atoms with E-state index in [0.717, 1.165) is 12.1 Å². The summed E-state index contributed by atoms with van der Waals surface area (Å²) >= 11 is 0. The molecule has 1 saturated heterocycles. The maximum Gasteiger partial charge on any atom is 0.416 e. The summed E-state index contributed by atoms with van der Waals surface area (Å²) in [5.41, 5.74) is -0.488. The topological polar surface area (TPSA) is 69.6 Å². The molecule has 3 rings (SSSR count). The van der Waals surface area contributed by atoms with Crippen molar-refractivity contribution in [1.82, 2.24) is 4.90 Å². The summed E-state index contributed by atoms with van der Waals surface area (Å²) in [6.07, 6.45) is -3.87. The van der Waals surface area contributed by atoms with Crippen LogP contribution in [0.1, 0.15) is 34.8 Å². The van der Waals surface area contributed by atoms with Crippen LogP contribution in [-0.2, 0) is 16.4 Å². The Hall–Kier alpha value is -3.03. The number of rotatable bonds is 4. The highest BCUT2D eigenvalue weighted by molar-refractivity contribution is 5.97. The zero-order valence-corrected chi connectivity index (χ0v) is 15.3. The maximum atomic E-state index is 12.7. The Kier molecular flexibility index (Phi) is 4.82. The average Bonchev–Trinajstić information content (AvgIpc) is 2.90. The van der Waals surface area contributed by atoms with Gasteiger partial charge in [0.25, 0.3) is 0 Å². The van der Waals surface area contributed by atoms with E-state index in [2.05, 4.69) is 5.32 Å². The van der Waals surface area contributed by atoms with Gasteiger partial charge in [0.05, 0.1) is 22.2 Å². The van der Waals surface area contributed by atoms with Gasteiger partial charge in [-0.3, -0.25) is 4.79 Å². The van der Waals surface area contributed by atoms with Crippen LogP contribution < -0.4 is 5.32 Å². The van der Waals surface area contributed by atoms with Gasteiger partial charge >= 0.3 is 12.1 Å². The lowest BCUT2D eigenvalue weighted by Crippen LogP contribution is -2.33. The van der Waals surface area contributed by atoms with E-state index in [1.807, 2.05) is 0 Å². The number of benzene rings is 2. The van der Waals surface area contributed by atoms with Crippen molar-refractivity contribution >= 4 is 23.3 Å². The van der Waals surface area contributed by atoms with Crippen LogP contribution in [0.3, 0.4) is 0 Å². The molecule has 1 unspecified atom stereocenters. The molecule has 0 saturated carbocycles. The Morgan fingerprint density at radius 3 is 2.32 bits per heavy atom. The Balaban J connectivity index is 1.92. The first-order chi connectivity index (χ1) is 13.0. The Morgan fingerprint density at radius 2 is 1.82 bits per heavy atom. The average molecular weight is 392 g/mol. The molecule has 0 radical (unpaired) electrons. The van der Waals surface area contributed by atoms with Crippen molar-refractivity contribution in [1.29, 1.82) is 0 Å². The molecule has 28 heavy (non-hydrogen) atoms. The lowest BCUT2D eigenvalue weighted by Gasteiger charge is -2.24. The highest BCUT2D eigenvalue weighted by atomic mass is 19.4. The molecule has 1 heterocycles. The van der Waals surface area contributed by atoms with Gasteiger partial charge in [0.1, 0.15) is 0 Å². The molecule has 2 aromatic rings. The van der Waals surface area contributed by atoms with Gasteiger partial charge in [-0.15, -0.1) is 0 Å². The van der Waals surface area contributed by atoms with Gasteiger partial charge in [-0.2, -0.15) is 13.2 Å². The standard InChI is InChI=1S/C20H19F3N2O3/c1-19(9-10-25(2)18(19)28)13-5-8-16(15(11-13)17(26)27)24-14-6-3-12(4-7-14)20(21,22)23/h3-8,11,24H,9-10H2,1-2H3,(H,26,27). The van der Waals surface area contributed by atoms with Gasteiger partial charge in [-0.25, -0.2) is 4.79 Å². The highest BCUT2D eigenvalue weighted by Gasteiger charge is 2.42. The molecular formula is C20H19F3N2O3. The Morgan fingerprint density at radius 1 is 1.18 bits per heavy atom. The molecule has 2 N–H and O–H groups in total. The Labute approximate surface area is 159 Å². The quantitative estimate of drug-likeness (QED) is 0.816. The summed E-state index contributed by atoms with van der Waals surface area (Å²) < 4.78 is 38.0. The number of nitrogens with one attached hydrogen (secondary N) is 1. The normalized spacial score (nSPS) is 19.8. The molecule has 1 atom stereocenters. The van der Waals surface area contributed by atoms with Crippen LogP contribution in [0, 0.1) is 0 Å². The summed E-state index contributed by atoms with van der Waals surface area (Å²) in [6.45, 7) is 2.37. The zero-order valence-electron chi connectivity index (χ0n) is 15.3. The molecule has 0 aliphatic carbocycles. The molecular weight excluding hydrogens is 373 g/mol. The van der Waals surface area contributed by atoms with Gasteiger partial charge in [0.15, 0.2) is 0 Å². The van der Waals surface area contributed by atoms with E-state index in [4.69, 9.17) is 0 Å². The monoisotopic (exact) mass is 392 g/mol. The first kappa shape index (κ1) is 19.7. The number of halogens is 3. The SMILES string of the molecule is CN1CCC(C)(c2ccc(Nc3ccc(C(F)(F)F)cc3)c(C(=O)O)c2)C1=O. The van der Waals surface area contributed by atoms with Gasteiger partial charge in [-0.1, -0.05) is 6.07 Å². The van der Waals surface area contributed by atoms with Crippen LogP contribution in [0.25, 0.3) is 0 Å². The van der Waals surface area contributed by atoms with Crippen molar-refractivity contribution in [3.05, 3.63) is 59.2 Å². The highest BCUT2D eigenvalue weighted by Crippen LogP contribution is 2.37. The number of nitrogens with zero attached hydrogens (tertiary/aromatic N) is 1. The summed E-state index contributed by atoms with van der Waals surface area (Å²) in [5.74, 6) is -1.27. The summed E-state index contributed by atoms with van der Waals surface area (Å²) in [4.78, 5) is 25.8. The number of likely N-dealkylation sites (tertiary alicyclic amines) is 1. The smallest absolute Gasteiger partial charge is 0.416 e. The number of aromatic carboxylic acids is 1. The predicted octanol–water partition coefficient (Wildman–Crippen LogP) is 4.27. The lowest BCUT2D eigenvalue weighted by atomic mass is 9.80. The van der Waals surface area contributed by atoms with E-state index in [1.54, 1.807) is 24.9 Å².